The predicted octanol–water partition coefficient (Wildman–Crippen LogP) is 4.85. The van der Waals surface area contributed by atoms with Crippen LogP contribution >= 0.6 is 23.1 Å². The fourth-order valence-electron chi connectivity index (χ4n) is 2.75. The van der Waals surface area contributed by atoms with Crippen LogP contribution in [0.25, 0.3) is 10.6 Å². The number of thioether (sulfide) groups is 1. The molecule has 0 fully saturated rings. The van der Waals surface area contributed by atoms with E-state index >= 15 is 0 Å². The Kier molecular flexibility index (Phi) is 6.68. The van der Waals surface area contributed by atoms with Crippen LogP contribution in [0.15, 0.2) is 46.4 Å². The Balaban J connectivity index is 1.52. The molecule has 27 heavy (non-hydrogen) atoms. The van der Waals surface area contributed by atoms with Gasteiger partial charge in [0.1, 0.15) is 0 Å². The van der Waals surface area contributed by atoms with Crippen molar-refractivity contribution in [3.05, 3.63) is 58.9 Å². The quantitative estimate of drug-likeness (QED) is 0.584. The maximum atomic E-state index is 12.4. The van der Waals surface area contributed by atoms with Crippen molar-refractivity contribution in [2.24, 2.45) is 5.92 Å². The number of hydrogen-bond donors (Lipinski definition) is 1. The molecule has 3 aromatic heterocycles. The molecule has 0 aliphatic carbocycles. The molecule has 0 bridgehead atoms. The lowest BCUT2D eigenvalue weighted by Gasteiger charge is -2.23. The van der Waals surface area contributed by atoms with E-state index in [4.69, 9.17) is 4.52 Å². The van der Waals surface area contributed by atoms with E-state index < -0.39 is 0 Å². The highest BCUT2D eigenvalue weighted by molar-refractivity contribution is 7.99. The Hall–Kier alpha value is -2.12. The van der Waals surface area contributed by atoms with Crippen molar-refractivity contribution in [2.75, 3.05) is 5.75 Å². The smallest absolute Gasteiger partial charge is 0.230 e. The lowest BCUT2D eigenvalue weighted by Crippen LogP contribution is -2.34. The van der Waals surface area contributed by atoms with Crippen molar-refractivity contribution >= 4 is 29.0 Å². The summed E-state index contributed by atoms with van der Waals surface area (Å²) in [6.07, 6.45) is 1.77. The van der Waals surface area contributed by atoms with Crippen molar-refractivity contribution in [1.29, 1.82) is 0 Å². The SMILES string of the molecule is Cc1cccnc1C(NC(=O)CSCc1cc(-c2cccs2)on1)C(C)C. The summed E-state index contributed by atoms with van der Waals surface area (Å²) in [6.45, 7) is 6.20. The first-order valence-corrected chi connectivity index (χ1v) is 10.9. The van der Waals surface area contributed by atoms with Crippen LogP contribution in [0.3, 0.4) is 0 Å². The molecule has 142 valence electrons. The average molecular weight is 402 g/mol. The second kappa shape index (κ2) is 9.19. The van der Waals surface area contributed by atoms with Gasteiger partial charge in [-0.05, 0) is 35.9 Å². The van der Waals surface area contributed by atoms with Crippen molar-refractivity contribution < 1.29 is 9.32 Å². The number of rotatable bonds is 8. The Morgan fingerprint density at radius 3 is 2.89 bits per heavy atom. The van der Waals surface area contributed by atoms with Crippen molar-refractivity contribution in [3.8, 4) is 10.6 Å². The number of pyridine rings is 1. The zero-order chi connectivity index (χ0) is 19.2. The van der Waals surface area contributed by atoms with Gasteiger partial charge < -0.3 is 9.84 Å². The molecular weight excluding hydrogens is 378 g/mol. The first kappa shape index (κ1) is 19.6. The van der Waals surface area contributed by atoms with Gasteiger partial charge in [-0.2, -0.15) is 0 Å². The van der Waals surface area contributed by atoms with Crippen LogP contribution in [0.4, 0.5) is 0 Å². The van der Waals surface area contributed by atoms with E-state index in [9.17, 15) is 4.79 Å². The van der Waals surface area contributed by atoms with Gasteiger partial charge in [-0.1, -0.05) is 31.1 Å². The minimum Gasteiger partial charge on any atom is -0.355 e. The fourth-order valence-corrected chi connectivity index (χ4v) is 4.14. The molecule has 1 unspecified atom stereocenters. The van der Waals surface area contributed by atoms with E-state index in [1.807, 2.05) is 42.6 Å². The normalized spacial score (nSPS) is 12.3. The van der Waals surface area contributed by atoms with Gasteiger partial charge in [0, 0.05) is 18.0 Å². The lowest BCUT2D eigenvalue weighted by molar-refractivity contribution is -0.119. The van der Waals surface area contributed by atoms with Crippen LogP contribution in [0.2, 0.25) is 0 Å². The number of aromatic nitrogens is 2. The molecular formula is C20H23N3O2S2. The first-order chi connectivity index (χ1) is 13.0. The maximum absolute atomic E-state index is 12.4. The Morgan fingerprint density at radius 1 is 1.33 bits per heavy atom. The minimum atomic E-state index is -0.0863. The number of nitrogens with zero attached hydrogens (tertiary/aromatic N) is 2. The zero-order valence-corrected chi connectivity index (χ0v) is 17.3. The van der Waals surface area contributed by atoms with Crippen LogP contribution in [0.1, 0.15) is 36.8 Å². The standard InChI is InChI=1S/C20H23N3O2S2/c1-13(2)19(20-14(3)6-4-8-21-20)22-18(24)12-26-11-15-10-16(25-23-15)17-7-5-9-27-17/h4-10,13,19H,11-12H2,1-3H3,(H,22,24). The highest BCUT2D eigenvalue weighted by atomic mass is 32.2. The highest BCUT2D eigenvalue weighted by Crippen LogP contribution is 2.26. The summed E-state index contributed by atoms with van der Waals surface area (Å²) < 4.78 is 5.37. The predicted molar refractivity (Wildman–Crippen MR) is 111 cm³/mol. The number of carbonyl (C=O) groups excluding carboxylic acids is 1. The third-order valence-electron chi connectivity index (χ3n) is 4.13. The third kappa shape index (κ3) is 5.20. The van der Waals surface area contributed by atoms with E-state index in [2.05, 4.69) is 29.3 Å². The first-order valence-electron chi connectivity index (χ1n) is 8.82. The largest absolute Gasteiger partial charge is 0.355 e. The molecule has 0 aliphatic heterocycles. The van der Waals surface area contributed by atoms with E-state index in [-0.39, 0.29) is 17.9 Å². The number of carbonyl (C=O) groups is 1. The van der Waals surface area contributed by atoms with E-state index in [1.54, 1.807) is 17.5 Å². The number of thiophene rings is 1. The molecule has 0 aliphatic rings. The number of amides is 1. The molecule has 0 saturated heterocycles. The maximum Gasteiger partial charge on any atom is 0.230 e. The van der Waals surface area contributed by atoms with Crippen LogP contribution in [-0.4, -0.2) is 21.8 Å². The van der Waals surface area contributed by atoms with Crippen molar-refractivity contribution in [1.82, 2.24) is 15.5 Å². The highest BCUT2D eigenvalue weighted by Gasteiger charge is 2.21. The minimum absolute atomic E-state index is 0.00530. The van der Waals surface area contributed by atoms with Gasteiger partial charge >= 0.3 is 0 Å². The van der Waals surface area contributed by atoms with Crippen molar-refractivity contribution in [2.45, 2.75) is 32.6 Å². The summed E-state index contributed by atoms with van der Waals surface area (Å²) in [5, 5.41) is 9.21. The molecule has 3 rings (SSSR count). The molecule has 0 radical (unpaired) electrons. The zero-order valence-electron chi connectivity index (χ0n) is 15.6. The van der Waals surface area contributed by atoms with Crippen LogP contribution in [-0.2, 0) is 10.5 Å². The molecule has 5 nitrogen and oxygen atoms in total. The van der Waals surface area contributed by atoms with Gasteiger partial charge in [0.25, 0.3) is 0 Å². The second-order valence-electron chi connectivity index (χ2n) is 6.65. The number of aryl methyl sites for hydroxylation is 1. The van der Waals surface area contributed by atoms with Crippen LogP contribution in [0, 0.1) is 12.8 Å². The van der Waals surface area contributed by atoms with Gasteiger partial charge in [0.05, 0.1) is 28.1 Å². The van der Waals surface area contributed by atoms with E-state index in [0.29, 0.717) is 11.5 Å². The van der Waals surface area contributed by atoms with Gasteiger partial charge in [-0.15, -0.1) is 23.1 Å². The number of nitrogens with one attached hydrogen (secondary N) is 1. The second-order valence-corrected chi connectivity index (χ2v) is 8.58. The average Bonchev–Trinajstić information content (AvgIpc) is 3.32. The summed E-state index contributed by atoms with van der Waals surface area (Å²) in [7, 11) is 0. The number of hydrogen-bond acceptors (Lipinski definition) is 6. The Bertz CT molecular complexity index is 875. The lowest BCUT2D eigenvalue weighted by atomic mass is 9.97. The fraction of sp³-hybridized carbons (Fsp3) is 0.350. The summed E-state index contributed by atoms with van der Waals surface area (Å²) in [5.41, 5.74) is 2.87. The van der Waals surface area contributed by atoms with Gasteiger partial charge in [-0.3, -0.25) is 9.78 Å². The molecule has 1 atom stereocenters. The Labute approximate surface area is 167 Å². The van der Waals surface area contributed by atoms with Gasteiger partial charge in [0.15, 0.2) is 5.76 Å². The summed E-state index contributed by atoms with van der Waals surface area (Å²) in [4.78, 5) is 17.9. The van der Waals surface area contributed by atoms with Gasteiger partial charge in [0.2, 0.25) is 5.91 Å². The Morgan fingerprint density at radius 2 is 2.19 bits per heavy atom. The monoisotopic (exact) mass is 401 g/mol. The van der Waals surface area contributed by atoms with E-state index in [0.717, 1.165) is 27.6 Å². The summed E-state index contributed by atoms with van der Waals surface area (Å²) >= 11 is 3.14. The molecule has 1 amide bonds. The molecule has 1 N–H and O–H groups in total. The van der Waals surface area contributed by atoms with Crippen LogP contribution < -0.4 is 5.32 Å². The summed E-state index contributed by atoms with van der Waals surface area (Å²) in [5.74, 6) is 2.05. The molecule has 0 aromatic carbocycles. The topological polar surface area (TPSA) is 68.0 Å². The molecule has 0 spiro atoms. The third-order valence-corrected chi connectivity index (χ3v) is 5.98. The summed E-state index contributed by atoms with van der Waals surface area (Å²) in [6, 6.07) is 9.77. The molecule has 3 heterocycles. The van der Waals surface area contributed by atoms with Gasteiger partial charge in [-0.25, -0.2) is 0 Å². The molecule has 0 saturated carbocycles. The van der Waals surface area contributed by atoms with Crippen molar-refractivity contribution in [3.63, 3.8) is 0 Å². The molecule has 3 aromatic rings. The van der Waals surface area contributed by atoms with Crippen LogP contribution in [0.5, 0.6) is 0 Å². The molecule has 7 heteroatoms. The van der Waals surface area contributed by atoms with E-state index in [1.165, 1.54) is 11.8 Å².